The quantitative estimate of drug-likeness (QED) is 0.847. The Kier molecular flexibility index (Phi) is 4.81. The molecular weight excluding hydrogens is 320 g/mol. The molecule has 0 spiro atoms. The number of halogens is 3. The number of hydrogen-bond donors (Lipinski definition) is 1. The summed E-state index contributed by atoms with van der Waals surface area (Å²) in [5.74, 6) is 0.115. The fourth-order valence-electron chi connectivity index (χ4n) is 1.57. The minimum atomic E-state index is -0.384. The molecule has 2 N–H and O–H groups in total. The van der Waals surface area contributed by atoms with Crippen LogP contribution in [-0.2, 0) is 6.61 Å². The van der Waals surface area contributed by atoms with Crippen molar-refractivity contribution in [3.63, 3.8) is 0 Å². The summed E-state index contributed by atoms with van der Waals surface area (Å²) in [4.78, 5) is 0.209. The molecule has 20 heavy (non-hydrogen) atoms. The van der Waals surface area contributed by atoms with Gasteiger partial charge >= 0.3 is 0 Å². The third kappa shape index (κ3) is 3.60. The van der Waals surface area contributed by atoms with Gasteiger partial charge in [-0.15, -0.1) is 0 Å². The monoisotopic (exact) mass is 329 g/mol. The molecule has 0 aliphatic rings. The number of thiocarbonyl (C=S) groups is 1. The second kappa shape index (κ2) is 6.39. The van der Waals surface area contributed by atoms with Gasteiger partial charge in [-0.25, -0.2) is 4.39 Å². The SMILES string of the molecule is NC(=S)c1ccc(F)c(COc2ccc(Cl)c(Cl)c2)c1. The zero-order valence-corrected chi connectivity index (χ0v) is 12.5. The first kappa shape index (κ1) is 15.0. The molecule has 0 aromatic heterocycles. The third-order valence-corrected chi connectivity index (χ3v) is 3.59. The van der Waals surface area contributed by atoms with Gasteiger partial charge in [-0.2, -0.15) is 0 Å². The summed E-state index contributed by atoms with van der Waals surface area (Å²) in [7, 11) is 0. The van der Waals surface area contributed by atoms with E-state index in [1.54, 1.807) is 24.3 Å². The van der Waals surface area contributed by atoms with Crippen molar-refractivity contribution in [1.29, 1.82) is 0 Å². The van der Waals surface area contributed by atoms with Crippen molar-refractivity contribution in [2.45, 2.75) is 6.61 Å². The maximum atomic E-state index is 13.7. The van der Waals surface area contributed by atoms with E-state index in [9.17, 15) is 4.39 Å². The molecule has 2 aromatic carbocycles. The van der Waals surface area contributed by atoms with E-state index in [0.717, 1.165) is 0 Å². The number of hydrogen-bond acceptors (Lipinski definition) is 2. The summed E-state index contributed by atoms with van der Waals surface area (Å²) in [6, 6.07) is 9.24. The largest absolute Gasteiger partial charge is 0.489 e. The van der Waals surface area contributed by atoms with E-state index in [4.69, 9.17) is 45.9 Å². The zero-order chi connectivity index (χ0) is 14.7. The van der Waals surface area contributed by atoms with Gasteiger partial charge < -0.3 is 10.5 Å². The van der Waals surface area contributed by atoms with Crippen molar-refractivity contribution in [1.82, 2.24) is 0 Å². The van der Waals surface area contributed by atoms with Gasteiger partial charge in [0.15, 0.2) is 0 Å². The smallest absolute Gasteiger partial charge is 0.129 e. The highest BCUT2D eigenvalue weighted by atomic mass is 35.5. The first-order valence-electron chi connectivity index (χ1n) is 5.63. The molecule has 2 aromatic rings. The maximum Gasteiger partial charge on any atom is 0.129 e. The molecule has 2 rings (SSSR count). The van der Waals surface area contributed by atoms with Gasteiger partial charge in [0, 0.05) is 17.2 Å². The van der Waals surface area contributed by atoms with E-state index in [1.165, 1.54) is 12.1 Å². The Labute approximate surface area is 131 Å². The highest BCUT2D eigenvalue weighted by Gasteiger charge is 2.07. The first-order chi connectivity index (χ1) is 9.47. The molecule has 0 heterocycles. The summed E-state index contributed by atoms with van der Waals surface area (Å²) in [6.45, 7) is 0.0419. The number of ether oxygens (including phenoxy) is 1. The molecule has 0 fully saturated rings. The highest BCUT2D eigenvalue weighted by Crippen LogP contribution is 2.27. The van der Waals surface area contributed by atoms with E-state index in [1.807, 2.05) is 0 Å². The van der Waals surface area contributed by atoms with Crippen molar-refractivity contribution >= 4 is 40.4 Å². The molecule has 6 heteroatoms. The number of benzene rings is 2. The van der Waals surface area contributed by atoms with E-state index in [2.05, 4.69) is 0 Å². The van der Waals surface area contributed by atoms with Crippen LogP contribution >= 0.6 is 35.4 Å². The molecule has 0 atom stereocenters. The van der Waals surface area contributed by atoms with Crippen LogP contribution in [0.5, 0.6) is 5.75 Å². The molecule has 0 aliphatic heterocycles. The van der Waals surface area contributed by atoms with Gasteiger partial charge in [0.25, 0.3) is 0 Å². The fourth-order valence-corrected chi connectivity index (χ4v) is 1.98. The molecule has 0 bridgehead atoms. The second-order valence-corrected chi connectivity index (χ2v) is 5.29. The van der Waals surface area contributed by atoms with E-state index in [0.29, 0.717) is 26.9 Å². The van der Waals surface area contributed by atoms with Crippen LogP contribution in [0.15, 0.2) is 36.4 Å². The Balaban J connectivity index is 2.15. The molecule has 0 radical (unpaired) electrons. The molecule has 2 nitrogen and oxygen atoms in total. The van der Waals surface area contributed by atoms with Gasteiger partial charge in [0.2, 0.25) is 0 Å². The van der Waals surface area contributed by atoms with Crippen LogP contribution in [0.4, 0.5) is 4.39 Å². The van der Waals surface area contributed by atoms with Gasteiger partial charge in [0.1, 0.15) is 23.2 Å². The van der Waals surface area contributed by atoms with Crippen LogP contribution in [0.3, 0.4) is 0 Å². The van der Waals surface area contributed by atoms with E-state index >= 15 is 0 Å². The van der Waals surface area contributed by atoms with Crippen LogP contribution in [0.2, 0.25) is 10.0 Å². The predicted molar refractivity (Wildman–Crippen MR) is 83.1 cm³/mol. The topological polar surface area (TPSA) is 35.2 Å². The average Bonchev–Trinajstić information content (AvgIpc) is 2.41. The van der Waals surface area contributed by atoms with Gasteiger partial charge in [0.05, 0.1) is 10.0 Å². The highest BCUT2D eigenvalue weighted by molar-refractivity contribution is 7.80. The lowest BCUT2D eigenvalue weighted by molar-refractivity contribution is 0.300. The molecule has 104 valence electrons. The molecule has 0 unspecified atom stereocenters. The Bertz CT molecular complexity index is 664. The summed E-state index contributed by atoms with van der Waals surface area (Å²) >= 11 is 16.5. The average molecular weight is 330 g/mol. The standard InChI is InChI=1S/C14H10Cl2FNOS/c15-11-3-2-10(6-12(11)16)19-7-9-5-8(14(18)20)1-4-13(9)17/h1-6H,7H2,(H2,18,20). The van der Waals surface area contributed by atoms with Crippen LogP contribution < -0.4 is 10.5 Å². The lowest BCUT2D eigenvalue weighted by Crippen LogP contribution is -2.10. The van der Waals surface area contributed by atoms with Gasteiger partial charge in [-0.3, -0.25) is 0 Å². The van der Waals surface area contributed by atoms with Crippen LogP contribution in [-0.4, -0.2) is 4.99 Å². The number of rotatable bonds is 4. The summed E-state index contributed by atoms with van der Waals surface area (Å²) in [5, 5.41) is 0.808. The van der Waals surface area contributed by atoms with Crippen LogP contribution in [0.25, 0.3) is 0 Å². The normalized spacial score (nSPS) is 10.3. The Hall–Kier alpha value is -1.36. The van der Waals surface area contributed by atoms with Gasteiger partial charge in [-0.1, -0.05) is 35.4 Å². The van der Waals surface area contributed by atoms with E-state index < -0.39 is 0 Å². The van der Waals surface area contributed by atoms with Crippen molar-refractivity contribution < 1.29 is 9.13 Å². The maximum absolute atomic E-state index is 13.7. The van der Waals surface area contributed by atoms with Gasteiger partial charge in [-0.05, 0) is 30.3 Å². The summed E-state index contributed by atoms with van der Waals surface area (Å²) in [5.41, 5.74) is 6.47. The number of nitrogens with two attached hydrogens (primary N) is 1. The zero-order valence-electron chi connectivity index (χ0n) is 10.2. The molecular formula is C14H10Cl2FNOS. The summed E-state index contributed by atoms with van der Waals surface area (Å²) < 4.78 is 19.1. The molecule has 0 saturated carbocycles. The molecule has 0 aliphatic carbocycles. The lowest BCUT2D eigenvalue weighted by Gasteiger charge is -2.09. The fraction of sp³-hybridized carbons (Fsp3) is 0.0714. The Morgan fingerprint density at radius 1 is 1.15 bits per heavy atom. The van der Waals surface area contributed by atoms with Crippen molar-refractivity contribution in [2.24, 2.45) is 5.73 Å². The minimum absolute atomic E-state index is 0.0419. The third-order valence-electron chi connectivity index (χ3n) is 2.62. The van der Waals surface area contributed by atoms with E-state index in [-0.39, 0.29) is 17.4 Å². The lowest BCUT2D eigenvalue weighted by atomic mass is 10.1. The van der Waals surface area contributed by atoms with Crippen molar-refractivity contribution in [3.05, 3.63) is 63.4 Å². The predicted octanol–water partition coefficient (Wildman–Crippen LogP) is 4.35. The van der Waals surface area contributed by atoms with Crippen molar-refractivity contribution in [3.8, 4) is 5.75 Å². The molecule has 0 saturated heterocycles. The van der Waals surface area contributed by atoms with Crippen LogP contribution in [0.1, 0.15) is 11.1 Å². The second-order valence-electron chi connectivity index (χ2n) is 4.04. The Morgan fingerprint density at radius 3 is 2.55 bits per heavy atom. The van der Waals surface area contributed by atoms with Crippen molar-refractivity contribution in [2.75, 3.05) is 0 Å². The Morgan fingerprint density at radius 2 is 1.90 bits per heavy atom. The first-order valence-corrected chi connectivity index (χ1v) is 6.80. The van der Waals surface area contributed by atoms with Crippen LogP contribution in [0, 0.1) is 5.82 Å². The summed E-state index contributed by atoms with van der Waals surface area (Å²) in [6.07, 6.45) is 0. The molecule has 0 amide bonds. The minimum Gasteiger partial charge on any atom is -0.489 e.